The lowest BCUT2D eigenvalue weighted by atomic mass is 9.86. The second-order valence-corrected chi connectivity index (χ2v) is 12.5. The number of benzene rings is 3. The van der Waals surface area contributed by atoms with E-state index in [0.29, 0.717) is 0 Å². The van der Waals surface area contributed by atoms with Gasteiger partial charge in [-0.25, -0.2) is 0 Å². The number of likely N-dealkylation sites (N-methyl/N-ethyl adjacent to an activating group) is 1. The minimum Gasteiger partial charge on any atom is -0.372 e. The van der Waals surface area contributed by atoms with E-state index in [9.17, 15) is 0 Å². The maximum atomic E-state index is 4.32. The van der Waals surface area contributed by atoms with Crippen LogP contribution >= 0.6 is 0 Å². The van der Waals surface area contributed by atoms with Gasteiger partial charge < -0.3 is 20.4 Å². The van der Waals surface area contributed by atoms with E-state index >= 15 is 0 Å². The van der Waals surface area contributed by atoms with E-state index in [1.807, 2.05) is 11.9 Å². The molecule has 3 aromatic rings. The predicted octanol–water partition coefficient (Wildman–Crippen LogP) is 9.80. The van der Waals surface area contributed by atoms with Crippen molar-refractivity contribution < 1.29 is 0 Å². The normalized spacial score (nSPS) is 13.9. The van der Waals surface area contributed by atoms with Crippen LogP contribution in [0.1, 0.15) is 69.2 Å². The molecule has 0 unspecified atom stereocenters. The quantitative estimate of drug-likeness (QED) is 0.242. The summed E-state index contributed by atoms with van der Waals surface area (Å²) in [5.74, 6) is 0. The van der Waals surface area contributed by atoms with E-state index in [0.717, 1.165) is 52.7 Å². The van der Waals surface area contributed by atoms with E-state index in [4.69, 9.17) is 0 Å². The summed E-state index contributed by atoms with van der Waals surface area (Å²) in [6.07, 6.45) is 6.00. The number of anilines is 3. The summed E-state index contributed by atoms with van der Waals surface area (Å²) in [4.78, 5) is 4.50. The van der Waals surface area contributed by atoms with Crippen LogP contribution in [0.5, 0.6) is 0 Å². The van der Waals surface area contributed by atoms with Gasteiger partial charge in [0, 0.05) is 49.1 Å². The van der Waals surface area contributed by atoms with Gasteiger partial charge in [-0.3, -0.25) is 0 Å². The second-order valence-electron chi connectivity index (χ2n) is 12.5. The highest BCUT2D eigenvalue weighted by Crippen LogP contribution is 2.30. The van der Waals surface area contributed by atoms with Gasteiger partial charge in [-0.2, -0.15) is 0 Å². The van der Waals surface area contributed by atoms with Crippen molar-refractivity contribution in [2.75, 3.05) is 35.7 Å². The van der Waals surface area contributed by atoms with Crippen molar-refractivity contribution in [3.8, 4) is 0 Å². The monoisotopic (exact) mass is 560 g/mol. The summed E-state index contributed by atoms with van der Waals surface area (Å²) in [6, 6.07) is 23.6. The lowest BCUT2D eigenvalue weighted by Crippen LogP contribution is -2.29. The summed E-state index contributed by atoms with van der Waals surface area (Å²) in [6.45, 7) is 26.1. The van der Waals surface area contributed by atoms with Crippen LogP contribution in [0, 0.1) is 6.92 Å². The Balaban J connectivity index is 1.40. The molecule has 0 spiro atoms. The molecule has 42 heavy (non-hydrogen) atoms. The molecule has 4 nitrogen and oxygen atoms in total. The van der Waals surface area contributed by atoms with E-state index < -0.39 is 0 Å². The van der Waals surface area contributed by atoms with Gasteiger partial charge in [0.1, 0.15) is 0 Å². The molecular formula is C38H48N4. The molecule has 220 valence electrons. The van der Waals surface area contributed by atoms with Gasteiger partial charge in [-0.15, -0.1) is 0 Å². The number of hydrogen-bond donors (Lipinski definition) is 2. The molecular weight excluding hydrogens is 512 g/mol. The Morgan fingerprint density at radius 1 is 0.857 bits per heavy atom. The lowest BCUT2D eigenvalue weighted by Gasteiger charge is -2.29. The highest BCUT2D eigenvalue weighted by Gasteiger charge is 2.15. The van der Waals surface area contributed by atoms with Crippen LogP contribution in [-0.4, -0.2) is 25.0 Å². The molecule has 0 aliphatic carbocycles. The van der Waals surface area contributed by atoms with Crippen molar-refractivity contribution in [2.45, 2.75) is 59.3 Å². The van der Waals surface area contributed by atoms with Gasteiger partial charge in [0.05, 0.1) is 11.4 Å². The fraction of sp³-hybridized carbons (Fsp3) is 0.316. The van der Waals surface area contributed by atoms with E-state index in [-0.39, 0.29) is 5.41 Å². The Kier molecular flexibility index (Phi) is 9.67. The lowest BCUT2D eigenvalue weighted by molar-refractivity contribution is 0.578. The molecule has 4 heteroatoms. The molecule has 2 N–H and O–H groups in total. The first-order chi connectivity index (χ1) is 19.9. The molecule has 0 saturated carbocycles. The fourth-order valence-corrected chi connectivity index (χ4v) is 5.41. The van der Waals surface area contributed by atoms with Gasteiger partial charge in [-0.1, -0.05) is 76.9 Å². The zero-order valence-corrected chi connectivity index (χ0v) is 26.5. The van der Waals surface area contributed by atoms with E-state index in [2.05, 4.69) is 143 Å². The average molecular weight is 561 g/mol. The van der Waals surface area contributed by atoms with Gasteiger partial charge in [0.15, 0.2) is 0 Å². The van der Waals surface area contributed by atoms with Crippen LogP contribution in [0.25, 0.3) is 11.3 Å². The summed E-state index contributed by atoms with van der Waals surface area (Å²) in [5, 5.41) is 6.98. The predicted molar refractivity (Wildman–Crippen MR) is 185 cm³/mol. The van der Waals surface area contributed by atoms with Crippen molar-refractivity contribution in [1.29, 1.82) is 0 Å². The summed E-state index contributed by atoms with van der Waals surface area (Å²) in [7, 11) is 2.01. The van der Waals surface area contributed by atoms with Crippen LogP contribution in [0.4, 0.5) is 17.1 Å². The molecule has 1 heterocycles. The second kappa shape index (κ2) is 13.2. The molecule has 0 bridgehead atoms. The first-order valence-electron chi connectivity index (χ1n) is 15.0. The van der Waals surface area contributed by atoms with Gasteiger partial charge in [0.2, 0.25) is 0 Å². The highest BCUT2D eigenvalue weighted by molar-refractivity contribution is 5.80. The minimum atomic E-state index is 0.126. The molecule has 0 radical (unpaired) electrons. The standard InChI is InChI=1S/C38H48N4/c1-27(26-41(9)31(5)29(3)39-34-20-22-35(23-21-34)42-24-11-10-12-25-42)36-14-13-15-37(28(36)2)40-30(4)32-16-18-33(19-17-32)38(6,7)8/h13-23,26,39-40H,3-5,10-12,24-25H2,1-2,6-9H3/b27-26+. The number of rotatable bonds is 10. The topological polar surface area (TPSA) is 30.5 Å². The minimum absolute atomic E-state index is 0.126. The van der Waals surface area contributed by atoms with Gasteiger partial charge >= 0.3 is 0 Å². The third kappa shape index (κ3) is 7.55. The van der Waals surface area contributed by atoms with Crippen LogP contribution < -0.4 is 15.5 Å². The Bertz CT molecular complexity index is 1450. The zero-order valence-electron chi connectivity index (χ0n) is 26.5. The number of hydrogen-bond acceptors (Lipinski definition) is 4. The number of nitrogens with zero attached hydrogens (tertiary/aromatic N) is 2. The average Bonchev–Trinajstić information content (AvgIpc) is 2.98. The Hall–Kier alpha value is -4.18. The smallest absolute Gasteiger partial charge is 0.0563 e. The zero-order chi connectivity index (χ0) is 30.4. The van der Waals surface area contributed by atoms with Crippen LogP contribution in [0.15, 0.2) is 104 Å². The number of nitrogens with one attached hydrogen (secondary N) is 2. The molecule has 0 amide bonds. The summed E-state index contributed by atoms with van der Waals surface area (Å²) in [5.41, 5.74) is 11.8. The third-order valence-electron chi connectivity index (χ3n) is 8.19. The van der Waals surface area contributed by atoms with Crippen LogP contribution in [0.2, 0.25) is 0 Å². The highest BCUT2D eigenvalue weighted by atomic mass is 15.1. The maximum absolute atomic E-state index is 4.32. The van der Waals surface area contributed by atoms with Crippen molar-refractivity contribution in [2.24, 2.45) is 0 Å². The van der Waals surface area contributed by atoms with Gasteiger partial charge in [-0.05, 0) is 96.7 Å². The summed E-state index contributed by atoms with van der Waals surface area (Å²) >= 11 is 0. The molecule has 1 aliphatic rings. The fourth-order valence-electron chi connectivity index (χ4n) is 5.41. The Morgan fingerprint density at radius 2 is 1.50 bits per heavy atom. The van der Waals surface area contributed by atoms with Crippen molar-refractivity contribution >= 4 is 28.3 Å². The van der Waals surface area contributed by atoms with E-state index in [1.165, 1.54) is 41.6 Å². The Labute approximate surface area is 254 Å². The molecule has 0 atom stereocenters. The first kappa shape index (κ1) is 30.8. The number of piperidine rings is 1. The first-order valence-corrected chi connectivity index (χ1v) is 15.0. The Morgan fingerprint density at radius 3 is 2.12 bits per heavy atom. The molecule has 3 aromatic carbocycles. The molecule has 1 saturated heterocycles. The van der Waals surface area contributed by atoms with Crippen LogP contribution in [-0.2, 0) is 5.41 Å². The van der Waals surface area contributed by atoms with Crippen LogP contribution in [0.3, 0.4) is 0 Å². The van der Waals surface area contributed by atoms with E-state index in [1.54, 1.807) is 0 Å². The maximum Gasteiger partial charge on any atom is 0.0563 e. The third-order valence-corrected chi connectivity index (χ3v) is 8.19. The van der Waals surface area contributed by atoms with Crippen molar-refractivity contribution in [3.63, 3.8) is 0 Å². The molecule has 4 rings (SSSR count). The molecule has 1 aliphatic heterocycles. The largest absolute Gasteiger partial charge is 0.372 e. The summed E-state index contributed by atoms with van der Waals surface area (Å²) < 4.78 is 0. The van der Waals surface area contributed by atoms with Crippen molar-refractivity contribution in [3.05, 3.63) is 126 Å². The van der Waals surface area contributed by atoms with Gasteiger partial charge in [0.25, 0.3) is 0 Å². The van der Waals surface area contributed by atoms with Crippen molar-refractivity contribution in [1.82, 2.24) is 4.90 Å². The number of allylic oxidation sites excluding steroid dienone is 1. The molecule has 1 fully saturated rings. The SMILES string of the molecule is C=C(Nc1ccc(N2CCCCC2)cc1)C(=C)N(C)/C=C(\C)c1cccc(NC(=C)c2ccc(C(C)(C)C)cc2)c1C. The molecule has 0 aromatic heterocycles.